The molecule has 3 amide bonds. The van der Waals surface area contributed by atoms with E-state index < -0.39 is 17.5 Å². The number of hydrogen-bond acceptors (Lipinski definition) is 6. The number of aromatic nitrogens is 2. The zero-order chi connectivity index (χ0) is 20.1. The van der Waals surface area contributed by atoms with E-state index in [0.717, 1.165) is 32.1 Å². The first-order chi connectivity index (χ1) is 13.5. The van der Waals surface area contributed by atoms with Crippen molar-refractivity contribution in [2.75, 3.05) is 32.8 Å². The number of nitrogens with zero attached hydrogens (tertiary/aromatic N) is 4. The van der Waals surface area contributed by atoms with Crippen LogP contribution in [0.3, 0.4) is 0 Å². The van der Waals surface area contributed by atoms with Gasteiger partial charge in [-0.05, 0) is 32.1 Å². The zero-order valence-corrected chi connectivity index (χ0v) is 15.6. The molecule has 0 aromatic carbocycles. The lowest BCUT2D eigenvalue weighted by atomic mass is 9.94. The van der Waals surface area contributed by atoms with Crippen LogP contribution in [0, 0.1) is 11.9 Å². The number of carbonyl (C=O) groups excluding carboxylic acids is 3. The number of primary amides is 1. The number of amides is 3. The fourth-order valence-electron chi connectivity index (χ4n) is 3.59. The van der Waals surface area contributed by atoms with Crippen LogP contribution >= 0.6 is 0 Å². The largest absolute Gasteiger partial charge is 0.466 e. The second kappa shape index (κ2) is 8.94. The van der Waals surface area contributed by atoms with Crippen molar-refractivity contribution in [1.29, 1.82) is 0 Å². The minimum absolute atomic E-state index is 0.0486. The summed E-state index contributed by atoms with van der Waals surface area (Å²) in [6.45, 7) is 2.21. The summed E-state index contributed by atoms with van der Waals surface area (Å²) >= 11 is 0. The van der Waals surface area contributed by atoms with E-state index in [9.17, 15) is 18.8 Å². The van der Waals surface area contributed by atoms with E-state index in [2.05, 4.69) is 9.97 Å². The highest BCUT2D eigenvalue weighted by Crippen LogP contribution is 2.22. The van der Waals surface area contributed by atoms with Gasteiger partial charge in [0.2, 0.25) is 17.7 Å². The molecule has 2 fully saturated rings. The van der Waals surface area contributed by atoms with E-state index in [1.165, 1.54) is 6.42 Å². The molecule has 9 nitrogen and oxygen atoms in total. The molecule has 0 bridgehead atoms. The molecule has 3 heterocycles. The van der Waals surface area contributed by atoms with E-state index in [0.29, 0.717) is 25.9 Å². The van der Waals surface area contributed by atoms with E-state index in [1.807, 2.05) is 4.90 Å². The molecule has 2 aliphatic rings. The summed E-state index contributed by atoms with van der Waals surface area (Å²) in [5.74, 6) is -2.40. The summed E-state index contributed by atoms with van der Waals surface area (Å²) in [6, 6.07) is 0. The van der Waals surface area contributed by atoms with Crippen LogP contribution < -0.4 is 10.5 Å². The van der Waals surface area contributed by atoms with Crippen LogP contribution in [0.15, 0.2) is 6.20 Å². The van der Waals surface area contributed by atoms with E-state index in [1.54, 1.807) is 4.90 Å². The first-order valence-electron chi connectivity index (χ1n) is 9.47. The van der Waals surface area contributed by atoms with Gasteiger partial charge in [0.15, 0.2) is 12.3 Å². The van der Waals surface area contributed by atoms with Gasteiger partial charge in [-0.25, -0.2) is 9.97 Å². The Labute approximate surface area is 162 Å². The first-order valence-corrected chi connectivity index (χ1v) is 9.47. The third-order valence-electron chi connectivity index (χ3n) is 5.14. The summed E-state index contributed by atoms with van der Waals surface area (Å²) in [7, 11) is 0. The number of halogens is 1. The predicted octanol–water partition coefficient (Wildman–Crippen LogP) is 0.344. The minimum atomic E-state index is -0.994. The lowest BCUT2D eigenvalue weighted by Crippen LogP contribution is -2.46. The maximum Gasteiger partial charge on any atom is 0.273 e. The van der Waals surface area contributed by atoms with Crippen molar-refractivity contribution >= 4 is 17.7 Å². The lowest BCUT2D eigenvalue weighted by Gasteiger charge is -2.35. The molecule has 0 radical (unpaired) electrons. The van der Waals surface area contributed by atoms with Crippen LogP contribution in [0.2, 0.25) is 0 Å². The van der Waals surface area contributed by atoms with Crippen LogP contribution in [0.4, 0.5) is 4.39 Å². The zero-order valence-electron chi connectivity index (χ0n) is 15.6. The number of ether oxygens (including phenoxy) is 1. The quantitative estimate of drug-likeness (QED) is 0.771. The number of rotatable bonds is 5. The minimum Gasteiger partial charge on any atom is -0.466 e. The van der Waals surface area contributed by atoms with Gasteiger partial charge in [0.05, 0.1) is 6.20 Å². The van der Waals surface area contributed by atoms with Gasteiger partial charge in [-0.3, -0.25) is 14.4 Å². The third-order valence-corrected chi connectivity index (χ3v) is 5.14. The van der Waals surface area contributed by atoms with Gasteiger partial charge in [-0.1, -0.05) is 0 Å². The molecular weight excluding hydrogens is 369 g/mol. The molecule has 152 valence electrons. The Morgan fingerprint density at radius 1 is 1.11 bits per heavy atom. The SMILES string of the molecule is NC(=O)c1nc(F)cnc1OCC(=O)N1CCC(C(=O)N2CCCCC2)CC1. The maximum atomic E-state index is 13.1. The number of carbonyl (C=O) groups is 3. The highest BCUT2D eigenvalue weighted by Gasteiger charge is 2.31. The molecule has 2 N–H and O–H groups in total. The van der Waals surface area contributed by atoms with Gasteiger partial charge in [0.25, 0.3) is 11.8 Å². The Morgan fingerprint density at radius 2 is 1.79 bits per heavy atom. The molecule has 0 aliphatic carbocycles. The van der Waals surface area contributed by atoms with Crippen LogP contribution in [-0.2, 0) is 9.59 Å². The molecule has 3 rings (SSSR count). The van der Waals surface area contributed by atoms with Gasteiger partial charge in [-0.2, -0.15) is 4.39 Å². The molecule has 2 saturated heterocycles. The predicted molar refractivity (Wildman–Crippen MR) is 95.7 cm³/mol. The molecule has 2 aliphatic heterocycles. The topological polar surface area (TPSA) is 119 Å². The molecular formula is C18H24FN5O4. The smallest absolute Gasteiger partial charge is 0.273 e. The highest BCUT2D eigenvalue weighted by atomic mass is 19.1. The lowest BCUT2D eigenvalue weighted by molar-refractivity contribution is -0.142. The van der Waals surface area contributed by atoms with Crippen molar-refractivity contribution in [2.45, 2.75) is 32.1 Å². The molecule has 1 aromatic heterocycles. The Balaban J connectivity index is 1.49. The van der Waals surface area contributed by atoms with Gasteiger partial charge >= 0.3 is 0 Å². The number of piperidine rings is 2. The second-order valence-corrected chi connectivity index (χ2v) is 7.04. The standard InChI is InChI=1S/C18H24FN5O4/c19-13-10-21-17(15(22-13)16(20)26)28-11-14(25)23-8-4-12(5-9-23)18(27)24-6-2-1-3-7-24/h10,12H,1-9,11H2,(H2,20,26). The van der Waals surface area contributed by atoms with E-state index in [-0.39, 0.29) is 30.2 Å². The van der Waals surface area contributed by atoms with Gasteiger partial charge < -0.3 is 20.3 Å². The van der Waals surface area contributed by atoms with E-state index in [4.69, 9.17) is 10.5 Å². The number of likely N-dealkylation sites (tertiary alicyclic amines) is 2. The Hall–Kier alpha value is -2.78. The Kier molecular flexibility index (Phi) is 6.37. The van der Waals surface area contributed by atoms with Crippen LogP contribution in [0.25, 0.3) is 0 Å². The average Bonchev–Trinajstić information content (AvgIpc) is 2.72. The second-order valence-electron chi connectivity index (χ2n) is 7.04. The highest BCUT2D eigenvalue weighted by molar-refractivity contribution is 5.93. The number of nitrogens with two attached hydrogens (primary N) is 1. The van der Waals surface area contributed by atoms with Gasteiger partial charge in [0.1, 0.15) is 0 Å². The average molecular weight is 393 g/mol. The summed E-state index contributed by atoms with van der Waals surface area (Å²) in [6.07, 6.45) is 5.30. The third kappa shape index (κ3) is 4.73. The van der Waals surface area contributed by atoms with Crippen molar-refractivity contribution < 1.29 is 23.5 Å². The van der Waals surface area contributed by atoms with Crippen molar-refractivity contribution in [2.24, 2.45) is 11.7 Å². The monoisotopic (exact) mass is 393 g/mol. The van der Waals surface area contributed by atoms with Gasteiger partial charge in [-0.15, -0.1) is 0 Å². The fourth-order valence-corrected chi connectivity index (χ4v) is 3.59. The number of hydrogen-bond donors (Lipinski definition) is 1. The molecule has 28 heavy (non-hydrogen) atoms. The fraction of sp³-hybridized carbons (Fsp3) is 0.611. The first kappa shape index (κ1) is 20.0. The van der Waals surface area contributed by atoms with E-state index >= 15 is 0 Å². The summed E-state index contributed by atoms with van der Waals surface area (Å²) in [5, 5.41) is 0. The van der Waals surface area contributed by atoms with Gasteiger partial charge in [0, 0.05) is 32.1 Å². The Morgan fingerprint density at radius 3 is 2.43 bits per heavy atom. The summed E-state index contributed by atoms with van der Waals surface area (Å²) in [5.41, 5.74) is 4.66. The van der Waals surface area contributed by atoms with Crippen LogP contribution in [0.5, 0.6) is 5.88 Å². The van der Waals surface area contributed by atoms with Crippen molar-refractivity contribution in [3.63, 3.8) is 0 Å². The summed E-state index contributed by atoms with van der Waals surface area (Å²) < 4.78 is 18.3. The maximum absolute atomic E-state index is 13.1. The normalized spacial score (nSPS) is 18.0. The molecule has 0 saturated carbocycles. The molecule has 0 atom stereocenters. The van der Waals surface area contributed by atoms with Crippen molar-refractivity contribution in [3.05, 3.63) is 17.8 Å². The molecule has 0 spiro atoms. The van der Waals surface area contributed by atoms with Crippen molar-refractivity contribution in [3.8, 4) is 5.88 Å². The molecule has 10 heteroatoms. The Bertz CT molecular complexity index is 745. The molecule has 0 unspecified atom stereocenters. The van der Waals surface area contributed by atoms with Crippen molar-refractivity contribution in [1.82, 2.24) is 19.8 Å². The molecule has 1 aromatic rings. The summed E-state index contributed by atoms with van der Waals surface area (Å²) in [4.78, 5) is 46.7. The van der Waals surface area contributed by atoms with Crippen LogP contribution in [0.1, 0.15) is 42.6 Å². The van der Waals surface area contributed by atoms with Crippen LogP contribution in [-0.4, -0.2) is 70.3 Å².